The van der Waals surface area contributed by atoms with Gasteiger partial charge in [0.1, 0.15) is 18.2 Å². The highest BCUT2D eigenvalue weighted by molar-refractivity contribution is 5.81. The molecule has 1 aliphatic carbocycles. The van der Waals surface area contributed by atoms with E-state index in [4.69, 9.17) is 9.47 Å². The molecule has 144 valence electrons. The van der Waals surface area contributed by atoms with Crippen molar-refractivity contribution in [2.24, 2.45) is 0 Å². The van der Waals surface area contributed by atoms with Crippen molar-refractivity contribution >= 4 is 12.1 Å². The molecule has 0 aromatic heterocycles. The van der Waals surface area contributed by atoms with Gasteiger partial charge in [0.15, 0.2) is 0 Å². The van der Waals surface area contributed by atoms with Gasteiger partial charge in [0, 0.05) is 5.54 Å². The maximum Gasteiger partial charge on any atom is 0.411 e. The lowest BCUT2D eigenvalue weighted by Crippen LogP contribution is -2.56. The smallest absolute Gasteiger partial charge is 0.411 e. The molecule has 1 aromatic rings. The molecule has 0 saturated heterocycles. The number of carbonyl (C=O) groups excluding carboxylic acids is 2. The number of nitrogens with zero attached hydrogens (tertiary/aromatic N) is 1. The fourth-order valence-corrected chi connectivity index (χ4v) is 3.49. The third-order valence-electron chi connectivity index (χ3n) is 4.80. The second-order valence-electron chi connectivity index (χ2n) is 8.32. The number of esters is 1. The van der Waals surface area contributed by atoms with Gasteiger partial charge in [-0.05, 0) is 53.0 Å². The Morgan fingerprint density at radius 3 is 2.27 bits per heavy atom. The monoisotopic (exact) mass is 361 g/mol. The van der Waals surface area contributed by atoms with Crippen LogP contribution >= 0.6 is 0 Å². The summed E-state index contributed by atoms with van der Waals surface area (Å²) in [5, 5.41) is 0. The summed E-state index contributed by atoms with van der Waals surface area (Å²) in [6, 6.07) is 8.83. The van der Waals surface area contributed by atoms with Crippen LogP contribution in [-0.4, -0.2) is 34.1 Å². The maximum atomic E-state index is 12.9. The van der Waals surface area contributed by atoms with Gasteiger partial charge in [-0.25, -0.2) is 9.59 Å². The molecule has 1 atom stereocenters. The predicted octanol–water partition coefficient (Wildman–Crippen LogP) is 4.69. The molecule has 1 aromatic carbocycles. The van der Waals surface area contributed by atoms with E-state index in [2.05, 4.69) is 0 Å². The Bertz CT molecular complexity index is 615. The molecule has 1 fully saturated rings. The van der Waals surface area contributed by atoms with Crippen molar-refractivity contribution in [2.45, 2.75) is 84.1 Å². The molecule has 1 saturated carbocycles. The summed E-state index contributed by atoms with van der Waals surface area (Å²) < 4.78 is 11.1. The van der Waals surface area contributed by atoms with Crippen molar-refractivity contribution in [3.8, 4) is 0 Å². The Morgan fingerprint density at radius 1 is 1.15 bits per heavy atom. The fourth-order valence-electron chi connectivity index (χ4n) is 3.49. The summed E-state index contributed by atoms with van der Waals surface area (Å²) in [4.78, 5) is 27.1. The standard InChI is InChI=1S/C21H31NO4/c1-16(18(23)25-15-17-11-7-6-8-12-17)22(19(24)26-20(2,3)4)21(5)13-9-10-14-21/h6-8,11-12,16H,9-10,13-15H2,1-5H3/t16-/m0/s1. The van der Waals surface area contributed by atoms with Crippen LogP contribution < -0.4 is 0 Å². The number of hydrogen-bond donors (Lipinski definition) is 0. The SMILES string of the molecule is C[C@@H](C(=O)OCc1ccccc1)N(C(=O)OC(C)(C)C)C1(C)CCCC1. The van der Waals surface area contributed by atoms with Gasteiger partial charge in [-0.2, -0.15) is 0 Å². The summed E-state index contributed by atoms with van der Waals surface area (Å²) >= 11 is 0. The molecule has 5 heteroatoms. The van der Waals surface area contributed by atoms with E-state index in [1.165, 1.54) is 0 Å². The normalized spacial score (nSPS) is 17.4. The van der Waals surface area contributed by atoms with E-state index < -0.39 is 23.7 Å². The Morgan fingerprint density at radius 2 is 1.73 bits per heavy atom. The molecule has 0 spiro atoms. The average Bonchev–Trinajstić information content (AvgIpc) is 2.99. The predicted molar refractivity (Wildman–Crippen MR) is 101 cm³/mol. The van der Waals surface area contributed by atoms with E-state index in [1.807, 2.05) is 58.0 Å². The summed E-state index contributed by atoms with van der Waals surface area (Å²) in [6.07, 6.45) is 3.36. The van der Waals surface area contributed by atoms with Gasteiger partial charge in [-0.1, -0.05) is 43.2 Å². The van der Waals surface area contributed by atoms with Crippen LogP contribution in [0.25, 0.3) is 0 Å². The molecule has 5 nitrogen and oxygen atoms in total. The van der Waals surface area contributed by atoms with E-state index in [1.54, 1.807) is 11.8 Å². The van der Waals surface area contributed by atoms with Crippen molar-refractivity contribution in [2.75, 3.05) is 0 Å². The number of amides is 1. The molecular weight excluding hydrogens is 330 g/mol. The third kappa shape index (κ3) is 5.23. The Balaban J connectivity index is 2.12. The Labute approximate surface area is 156 Å². The molecular formula is C21H31NO4. The van der Waals surface area contributed by atoms with E-state index in [9.17, 15) is 9.59 Å². The lowest BCUT2D eigenvalue weighted by atomic mass is 9.96. The van der Waals surface area contributed by atoms with Crippen molar-refractivity contribution in [1.82, 2.24) is 4.90 Å². The summed E-state index contributed by atoms with van der Waals surface area (Å²) in [6.45, 7) is 9.45. The minimum atomic E-state index is -0.698. The van der Waals surface area contributed by atoms with Crippen LogP contribution in [0.4, 0.5) is 4.79 Å². The minimum Gasteiger partial charge on any atom is -0.459 e. The van der Waals surface area contributed by atoms with Crippen molar-refractivity contribution in [3.63, 3.8) is 0 Å². The first-order valence-electron chi connectivity index (χ1n) is 9.35. The van der Waals surface area contributed by atoms with Gasteiger partial charge < -0.3 is 9.47 Å². The highest BCUT2D eigenvalue weighted by atomic mass is 16.6. The van der Waals surface area contributed by atoms with E-state index in [-0.39, 0.29) is 12.1 Å². The zero-order chi connectivity index (χ0) is 19.4. The van der Waals surface area contributed by atoms with Gasteiger partial charge in [0.25, 0.3) is 0 Å². The van der Waals surface area contributed by atoms with E-state index >= 15 is 0 Å². The summed E-state index contributed by atoms with van der Waals surface area (Å²) in [5.74, 6) is -0.409. The maximum absolute atomic E-state index is 12.9. The first kappa shape index (κ1) is 20.3. The van der Waals surface area contributed by atoms with Crippen molar-refractivity contribution in [1.29, 1.82) is 0 Å². The second kappa shape index (κ2) is 8.11. The molecule has 0 aliphatic heterocycles. The zero-order valence-electron chi connectivity index (χ0n) is 16.6. The molecule has 26 heavy (non-hydrogen) atoms. The number of benzene rings is 1. The molecule has 1 amide bonds. The number of hydrogen-bond acceptors (Lipinski definition) is 4. The van der Waals surface area contributed by atoms with Crippen LogP contribution in [0.5, 0.6) is 0 Å². The van der Waals surface area contributed by atoms with Crippen LogP contribution in [0.2, 0.25) is 0 Å². The quantitative estimate of drug-likeness (QED) is 0.714. The minimum absolute atomic E-state index is 0.197. The number of carbonyl (C=O) groups is 2. The first-order chi connectivity index (χ1) is 12.1. The topological polar surface area (TPSA) is 55.8 Å². The summed E-state index contributed by atoms with van der Waals surface area (Å²) in [7, 11) is 0. The second-order valence-corrected chi connectivity index (χ2v) is 8.32. The lowest BCUT2D eigenvalue weighted by Gasteiger charge is -2.41. The Hall–Kier alpha value is -2.04. The van der Waals surface area contributed by atoms with Crippen LogP contribution in [-0.2, 0) is 20.9 Å². The van der Waals surface area contributed by atoms with Gasteiger partial charge in [0.2, 0.25) is 0 Å². The van der Waals surface area contributed by atoms with Crippen LogP contribution in [0.15, 0.2) is 30.3 Å². The van der Waals surface area contributed by atoms with Gasteiger partial charge in [-0.15, -0.1) is 0 Å². The first-order valence-corrected chi connectivity index (χ1v) is 9.35. The van der Waals surface area contributed by atoms with Gasteiger partial charge in [-0.3, -0.25) is 4.90 Å². The van der Waals surface area contributed by atoms with Crippen LogP contribution in [0.1, 0.15) is 65.9 Å². The average molecular weight is 361 g/mol. The van der Waals surface area contributed by atoms with Crippen molar-refractivity contribution in [3.05, 3.63) is 35.9 Å². The molecule has 1 aliphatic rings. The zero-order valence-corrected chi connectivity index (χ0v) is 16.6. The fraction of sp³-hybridized carbons (Fsp3) is 0.619. The van der Waals surface area contributed by atoms with E-state index in [0.717, 1.165) is 31.2 Å². The highest BCUT2D eigenvalue weighted by Crippen LogP contribution is 2.37. The third-order valence-corrected chi connectivity index (χ3v) is 4.80. The van der Waals surface area contributed by atoms with Crippen molar-refractivity contribution < 1.29 is 19.1 Å². The Kier molecular flexibility index (Phi) is 6.32. The molecule has 2 rings (SSSR count). The van der Waals surface area contributed by atoms with Gasteiger partial charge >= 0.3 is 12.1 Å². The molecule has 0 heterocycles. The van der Waals surface area contributed by atoms with Crippen LogP contribution in [0, 0.1) is 0 Å². The molecule has 0 unspecified atom stereocenters. The highest BCUT2D eigenvalue weighted by Gasteiger charge is 2.44. The van der Waals surface area contributed by atoms with E-state index in [0.29, 0.717) is 0 Å². The summed E-state index contributed by atoms with van der Waals surface area (Å²) in [5.41, 5.74) is -0.0742. The molecule has 0 bridgehead atoms. The van der Waals surface area contributed by atoms with Gasteiger partial charge in [0.05, 0.1) is 0 Å². The number of rotatable bonds is 5. The molecule has 0 N–H and O–H groups in total. The number of ether oxygens (including phenoxy) is 2. The lowest BCUT2D eigenvalue weighted by molar-refractivity contribution is -0.153. The largest absolute Gasteiger partial charge is 0.459 e. The van der Waals surface area contributed by atoms with Crippen LogP contribution in [0.3, 0.4) is 0 Å². The molecule has 0 radical (unpaired) electrons.